The van der Waals surface area contributed by atoms with E-state index in [1.54, 1.807) is 0 Å². The van der Waals surface area contributed by atoms with Gasteiger partial charge in [-0.2, -0.15) is 5.21 Å². The largest absolute Gasteiger partial charge is 0.346 e. The highest BCUT2D eigenvalue weighted by molar-refractivity contribution is 5.76. The third kappa shape index (κ3) is 3.58. The molecule has 2 aliphatic heterocycles. The molecule has 2 fully saturated rings. The molecule has 3 atom stereocenters. The molecule has 3 N–H and O–H groups in total. The molecule has 116 valence electrons. The van der Waals surface area contributed by atoms with Gasteiger partial charge in [-0.05, 0) is 38.0 Å². The summed E-state index contributed by atoms with van der Waals surface area (Å²) in [7, 11) is 0. The molecule has 0 radical (unpaired) electrons. The van der Waals surface area contributed by atoms with E-state index in [0.29, 0.717) is 30.2 Å². The minimum atomic E-state index is -0.125. The van der Waals surface area contributed by atoms with Gasteiger partial charge < -0.3 is 10.6 Å². The number of nitrogens with one attached hydrogen (secondary N) is 3. The van der Waals surface area contributed by atoms with E-state index in [9.17, 15) is 4.79 Å². The van der Waals surface area contributed by atoms with Gasteiger partial charge in [0, 0.05) is 18.5 Å². The summed E-state index contributed by atoms with van der Waals surface area (Å²) in [6.45, 7) is 2.09. The molecular formula is C14H24N6O. The summed E-state index contributed by atoms with van der Waals surface area (Å²) in [5.74, 6) is 1.21. The number of rotatable bonds is 6. The van der Waals surface area contributed by atoms with Gasteiger partial charge >= 0.3 is 0 Å². The van der Waals surface area contributed by atoms with Crippen molar-refractivity contribution in [2.45, 2.75) is 70.0 Å². The number of aromatic amines is 1. The summed E-state index contributed by atoms with van der Waals surface area (Å²) in [5, 5.41) is 20.7. The van der Waals surface area contributed by atoms with Gasteiger partial charge in [-0.1, -0.05) is 18.6 Å². The van der Waals surface area contributed by atoms with Crippen molar-refractivity contribution in [3.63, 3.8) is 0 Å². The SMILES string of the molecule is CCCC(NC(=O)CC1CC2CCC(C1)N2)c1nn[nH]n1. The molecule has 1 aromatic rings. The van der Waals surface area contributed by atoms with E-state index in [1.807, 2.05) is 0 Å². The summed E-state index contributed by atoms with van der Waals surface area (Å²) in [6.07, 6.45) is 7.22. The summed E-state index contributed by atoms with van der Waals surface area (Å²) < 4.78 is 0. The number of carbonyl (C=O) groups excluding carboxylic acids is 1. The molecule has 2 bridgehead atoms. The average molecular weight is 292 g/mol. The second-order valence-corrected chi connectivity index (χ2v) is 6.36. The van der Waals surface area contributed by atoms with Crippen LogP contribution >= 0.6 is 0 Å². The third-order valence-electron chi connectivity index (χ3n) is 4.63. The minimum absolute atomic E-state index is 0.115. The Bertz CT molecular complexity index is 450. The Labute approximate surface area is 124 Å². The molecule has 1 aromatic heterocycles. The quantitative estimate of drug-likeness (QED) is 0.729. The number of hydrogen-bond donors (Lipinski definition) is 3. The molecule has 0 aliphatic carbocycles. The second-order valence-electron chi connectivity index (χ2n) is 6.36. The maximum absolute atomic E-state index is 12.3. The van der Waals surface area contributed by atoms with Gasteiger partial charge in [0.05, 0.1) is 6.04 Å². The number of fused-ring (bicyclic) bond motifs is 2. The topological polar surface area (TPSA) is 95.6 Å². The third-order valence-corrected chi connectivity index (χ3v) is 4.63. The number of H-pyrrole nitrogens is 1. The smallest absolute Gasteiger partial charge is 0.220 e. The van der Waals surface area contributed by atoms with E-state index in [1.165, 1.54) is 12.8 Å². The molecule has 7 nitrogen and oxygen atoms in total. The Morgan fingerprint density at radius 1 is 1.38 bits per heavy atom. The molecular weight excluding hydrogens is 268 g/mol. The molecule has 3 rings (SSSR count). The monoisotopic (exact) mass is 292 g/mol. The number of piperidine rings is 1. The fourth-order valence-electron chi connectivity index (χ4n) is 3.73. The maximum atomic E-state index is 12.3. The van der Waals surface area contributed by atoms with Crippen LogP contribution in [0.4, 0.5) is 0 Å². The first kappa shape index (κ1) is 14.4. The van der Waals surface area contributed by atoms with Gasteiger partial charge in [-0.25, -0.2) is 0 Å². The van der Waals surface area contributed by atoms with Crippen LogP contribution in [0.25, 0.3) is 0 Å². The van der Waals surface area contributed by atoms with Crippen LogP contribution in [0.2, 0.25) is 0 Å². The molecule has 2 aliphatic rings. The Morgan fingerprint density at radius 2 is 2.14 bits per heavy atom. The lowest BCUT2D eigenvalue weighted by molar-refractivity contribution is -0.123. The highest BCUT2D eigenvalue weighted by atomic mass is 16.1. The van der Waals surface area contributed by atoms with Gasteiger partial charge in [-0.15, -0.1) is 10.2 Å². The summed E-state index contributed by atoms with van der Waals surface area (Å²) in [6, 6.07) is 1.13. The predicted octanol–water partition coefficient (Wildman–Crippen LogP) is 1.08. The Kier molecular flexibility index (Phi) is 4.48. The van der Waals surface area contributed by atoms with Crippen LogP contribution in [0, 0.1) is 5.92 Å². The van der Waals surface area contributed by atoms with Crippen molar-refractivity contribution in [2.75, 3.05) is 0 Å². The molecule has 0 spiro atoms. The van der Waals surface area contributed by atoms with Crippen molar-refractivity contribution in [3.05, 3.63) is 5.82 Å². The van der Waals surface area contributed by atoms with Gasteiger partial charge in [0.25, 0.3) is 0 Å². The zero-order chi connectivity index (χ0) is 14.7. The van der Waals surface area contributed by atoms with Crippen molar-refractivity contribution in [2.24, 2.45) is 5.92 Å². The Balaban J connectivity index is 1.52. The van der Waals surface area contributed by atoms with Crippen molar-refractivity contribution < 1.29 is 4.79 Å². The highest BCUT2D eigenvalue weighted by Crippen LogP contribution is 2.32. The molecule has 3 unspecified atom stereocenters. The molecule has 0 saturated carbocycles. The Hall–Kier alpha value is -1.50. The van der Waals surface area contributed by atoms with Crippen molar-refractivity contribution in [1.29, 1.82) is 0 Å². The van der Waals surface area contributed by atoms with Gasteiger partial charge in [0.2, 0.25) is 5.91 Å². The summed E-state index contributed by atoms with van der Waals surface area (Å²) in [4.78, 5) is 12.3. The summed E-state index contributed by atoms with van der Waals surface area (Å²) >= 11 is 0. The van der Waals surface area contributed by atoms with Gasteiger partial charge in [0.15, 0.2) is 5.82 Å². The maximum Gasteiger partial charge on any atom is 0.220 e. The lowest BCUT2D eigenvalue weighted by Gasteiger charge is -2.29. The van der Waals surface area contributed by atoms with E-state index in [4.69, 9.17) is 0 Å². The van der Waals surface area contributed by atoms with Crippen LogP contribution in [0.3, 0.4) is 0 Å². The van der Waals surface area contributed by atoms with Crippen molar-refractivity contribution in [1.82, 2.24) is 31.3 Å². The van der Waals surface area contributed by atoms with Gasteiger partial charge in [0.1, 0.15) is 0 Å². The van der Waals surface area contributed by atoms with E-state index >= 15 is 0 Å². The molecule has 7 heteroatoms. The first-order valence-corrected chi connectivity index (χ1v) is 8.03. The van der Waals surface area contributed by atoms with Crippen LogP contribution in [-0.4, -0.2) is 38.6 Å². The van der Waals surface area contributed by atoms with Crippen molar-refractivity contribution >= 4 is 5.91 Å². The first-order chi connectivity index (χ1) is 10.2. The normalized spacial score (nSPS) is 29.3. The van der Waals surface area contributed by atoms with Crippen LogP contribution in [0.5, 0.6) is 0 Å². The highest BCUT2D eigenvalue weighted by Gasteiger charge is 2.34. The lowest BCUT2D eigenvalue weighted by atomic mass is 9.89. The number of aromatic nitrogens is 4. The molecule has 1 amide bonds. The van der Waals surface area contributed by atoms with E-state index in [2.05, 4.69) is 38.2 Å². The minimum Gasteiger partial charge on any atom is -0.346 e. The standard InChI is InChI=1S/C14H24N6O/c1-2-3-12(14-17-19-20-18-14)16-13(21)8-9-6-10-4-5-11(7-9)15-10/h9-12,15H,2-8H2,1H3,(H,16,21)(H,17,18,19,20). The van der Waals surface area contributed by atoms with E-state index in [0.717, 1.165) is 25.7 Å². The molecule has 3 heterocycles. The molecule has 21 heavy (non-hydrogen) atoms. The predicted molar refractivity (Wildman–Crippen MR) is 77.3 cm³/mol. The van der Waals surface area contributed by atoms with Gasteiger partial charge in [-0.3, -0.25) is 4.79 Å². The first-order valence-electron chi connectivity index (χ1n) is 8.03. The molecule has 2 saturated heterocycles. The van der Waals surface area contributed by atoms with Crippen LogP contribution in [0.1, 0.15) is 63.7 Å². The van der Waals surface area contributed by atoms with Crippen LogP contribution in [-0.2, 0) is 4.79 Å². The number of amides is 1. The fourth-order valence-corrected chi connectivity index (χ4v) is 3.73. The lowest BCUT2D eigenvalue weighted by Crippen LogP contribution is -2.40. The second kappa shape index (κ2) is 6.51. The zero-order valence-electron chi connectivity index (χ0n) is 12.5. The fraction of sp³-hybridized carbons (Fsp3) is 0.857. The van der Waals surface area contributed by atoms with Crippen LogP contribution in [0.15, 0.2) is 0 Å². The number of tetrazole rings is 1. The molecule has 0 aromatic carbocycles. The number of nitrogens with zero attached hydrogens (tertiary/aromatic N) is 3. The van der Waals surface area contributed by atoms with E-state index < -0.39 is 0 Å². The van der Waals surface area contributed by atoms with E-state index in [-0.39, 0.29) is 11.9 Å². The Morgan fingerprint density at radius 3 is 2.76 bits per heavy atom. The van der Waals surface area contributed by atoms with Crippen molar-refractivity contribution in [3.8, 4) is 0 Å². The zero-order valence-corrected chi connectivity index (χ0v) is 12.5. The number of hydrogen-bond acceptors (Lipinski definition) is 5. The summed E-state index contributed by atoms with van der Waals surface area (Å²) in [5.41, 5.74) is 0. The van der Waals surface area contributed by atoms with Crippen LogP contribution < -0.4 is 10.6 Å². The number of carbonyl (C=O) groups is 1. The average Bonchev–Trinajstić information content (AvgIpc) is 3.08.